The normalized spacial score (nSPS) is 10.3. The van der Waals surface area contributed by atoms with Crippen molar-refractivity contribution in [2.75, 3.05) is 0 Å². The number of halogens is 3. The summed E-state index contributed by atoms with van der Waals surface area (Å²) in [6.45, 7) is 0. The second-order valence-corrected chi connectivity index (χ2v) is 5.33. The lowest BCUT2D eigenvalue weighted by molar-refractivity contribution is 0.438. The molecule has 0 aliphatic heterocycles. The summed E-state index contributed by atoms with van der Waals surface area (Å²) in [4.78, 5) is 0. The van der Waals surface area contributed by atoms with Crippen LogP contribution in [-0.2, 0) is 0 Å². The first-order valence-corrected chi connectivity index (χ1v) is 6.84. The van der Waals surface area contributed by atoms with Crippen molar-refractivity contribution in [3.63, 3.8) is 0 Å². The zero-order valence-electron chi connectivity index (χ0n) is 9.58. The Hall–Kier alpha value is -1.40. The molecule has 0 saturated carbocycles. The number of amidine groups is 1. The van der Waals surface area contributed by atoms with E-state index in [1.807, 2.05) is 6.07 Å². The van der Waals surface area contributed by atoms with E-state index < -0.39 is 5.82 Å². The Morgan fingerprint density at radius 3 is 2.42 bits per heavy atom. The molecule has 0 aliphatic carbocycles. The molecule has 0 heterocycles. The van der Waals surface area contributed by atoms with Gasteiger partial charge in [0.1, 0.15) is 11.6 Å². The van der Waals surface area contributed by atoms with E-state index in [1.54, 1.807) is 18.2 Å². The number of benzene rings is 2. The minimum absolute atomic E-state index is 0.0591. The highest BCUT2D eigenvalue weighted by molar-refractivity contribution is 9.10. The summed E-state index contributed by atoms with van der Waals surface area (Å²) < 4.78 is 20.4. The average Bonchev–Trinajstić information content (AvgIpc) is 2.37. The Kier molecular flexibility index (Phi) is 4.21. The van der Waals surface area contributed by atoms with Gasteiger partial charge < -0.3 is 10.5 Å². The molecule has 0 fully saturated rings. The lowest BCUT2D eigenvalue weighted by atomic mass is 10.2. The first kappa shape index (κ1) is 14.0. The Bertz CT molecular complexity index is 647. The van der Waals surface area contributed by atoms with Crippen LogP contribution in [0.2, 0.25) is 0 Å². The number of hydrogen-bond donors (Lipinski definition) is 2. The highest BCUT2D eigenvalue weighted by atomic mass is 79.9. The van der Waals surface area contributed by atoms with Crippen molar-refractivity contribution in [2.45, 2.75) is 0 Å². The third kappa shape index (κ3) is 2.96. The molecular weight excluding hydrogens is 379 g/mol. The van der Waals surface area contributed by atoms with Crippen molar-refractivity contribution < 1.29 is 9.13 Å². The van der Waals surface area contributed by atoms with Gasteiger partial charge in [-0.3, -0.25) is 5.41 Å². The second-order valence-electron chi connectivity index (χ2n) is 3.69. The predicted octanol–water partition coefficient (Wildman–Crippen LogP) is 4.43. The van der Waals surface area contributed by atoms with E-state index in [4.69, 9.17) is 15.9 Å². The molecule has 3 nitrogen and oxygen atoms in total. The fourth-order valence-corrected chi connectivity index (χ4v) is 2.37. The summed E-state index contributed by atoms with van der Waals surface area (Å²) in [7, 11) is 0. The summed E-state index contributed by atoms with van der Waals surface area (Å²) in [5.74, 6) is -0.241. The van der Waals surface area contributed by atoms with Gasteiger partial charge >= 0.3 is 0 Å². The van der Waals surface area contributed by atoms with E-state index in [9.17, 15) is 4.39 Å². The molecule has 0 atom stereocenters. The molecule has 3 N–H and O–H groups in total. The van der Waals surface area contributed by atoms with Gasteiger partial charge in [0.05, 0.1) is 8.95 Å². The molecule has 0 saturated heterocycles. The molecule has 0 spiro atoms. The molecule has 2 aromatic carbocycles. The molecule has 2 aromatic rings. The maximum atomic E-state index is 14.1. The van der Waals surface area contributed by atoms with Crippen molar-refractivity contribution in [1.82, 2.24) is 0 Å². The van der Waals surface area contributed by atoms with Crippen LogP contribution in [0.4, 0.5) is 4.39 Å². The first-order chi connectivity index (χ1) is 9.00. The van der Waals surface area contributed by atoms with Gasteiger partial charge in [-0.1, -0.05) is 12.1 Å². The molecule has 0 amide bonds. The number of para-hydroxylation sites is 1. The number of rotatable bonds is 3. The highest BCUT2D eigenvalue weighted by Gasteiger charge is 2.15. The van der Waals surface area contributed by atoms with E-state index in [-0.39, 0.29) is 21.6 Å². The summed E-state index contributed by atoms with van der Waals surface area (Å²) in [6, 6.07) is 10.1. The molecule has 0 aliphatic rings. The summed E-state index contributed by atoms with van der Waals surface area (Å²) in [6.07, 6.45) is 0. The number of nitrogen functional groups attached to an aromatic ring is 1. The fraction of sp³-hybridized carbons (Fsp3) is 0. The Morgan fingerprint density at radius 1 is 1.11 bits per heavy atom. The second kappa shape index (κ2) is 5.71. The van der Waals surface area contributed by atoms with Crippen LogP contribution in [0.1, 0.15) is 5.56 Å². The van der Waals surface area contributed by atoms with Gasteiger partial charge in [0, 0.05) is 5.56 Å². The largest absolute Gasteiger partial charge is 0.453 e. The minimum Gasteiger partial charge on any atom is -0.453 e. The van der Waals surface area contributed by atoms with Crippen LogP contribution in [0.5, 0.6) is 11.5 Å². The van der Waals surface area contributed by atoms with Crippen LogP contribution in [0.15, 0.2) is 45.3 Å². The molecule has 0 radical (unpaired) electrons. The quantitative estimate of drug-likeness (QED) is 0.604. The van der Waals surface area contributed by atoms with Crippen molar-refractivity contribution in [2.24, 2.45) is 5.73 Å². The average molecular weight is 388 g/mol. The van der Waals surface area contributed by atoms with E-state index in [0.29, 0.717) is 5.75 Å². The van der Waals surface area contributed by atoms with E-state index in [2.05, 4.69) is 31.9 Å². The van der Waals surface area contributed by atoms with E-state index >= 15 is 0 Å². The van der Waals surface area contributed by atoms with Crippen molar-refractivity contribution in [3.8, 4) is 11.5 Å². The number of nitrogens with two attached hydrogens (primary N) is 1. The fourth-order valence-electron chi connectivity index (χ4n) is 1.46. The van der Waals surface area contributed by atoms with Crippen LogP contribution >= 0.6 is 31.9 Å². The maximum Gasteiger partial charge on any atom is 0.180 e. The van der Waals surface area contributed by atoms with Gasteiger partial charge in [0.2, 0.25) is 0 Å². The van der Waals surface area contributed by atoms with Gasteiger partial charge in [-0.2, -0.15) is 0 Å². The zero-order chi connectivity index (χ0) is 14.0. The first-order valence-electron chi connectivity index (χ1n) is 5.25. The van der Waals surface area contributed by atoms with Gasteiger partial charge in [-0.15, -0.1) is 0 Å². The molecule has 0 aromatic heterocycles. The summed E-state index contributed by atoms with van der Waals surface area (Å²) in [5, 5.41) is 7.33. The lowest BCUT2D eigenvalue weighted by Crippen LogP contribution is -2.12. The Balaban J connectivity index is 2.40. The standard InChI is InChI=1S/C13H9Br2FN2O/c14-8-3-1-2-4-9(8)19-10-6-5-7(13(17)18)11(15)12(10)16/h1-6H,(H3,17,18). The number of ether oxygens (including phenoxy) is 1. The monoisotopic (exact) mass is 386 g/mol. The molecular formula is C13H9Br2FN2O. The third-order valence-electron chi connectivity index (χ3n) is 2.39. The smallest absolute Gasteiger partial charge is 0.180 e. The molecule has 0 bridgehead atoms. The molecule has 2 rings (SSSR count). The summed E-state index contributed by atoms with van der Waals surface area (Å²) in [5.41, 5.74) is 5.64. The minimum atomic E-state index is -0.594. The SMILES string of the molecule is N=C(N)c1ccc(Oc2ccccc2Br)c(F)c1Br. The molecule has 19 heavy (non-hydrogen) atoms. The molecule has 6 heteroatoms. The maximum absolute atomic E-state index is 14.1. The number of nitrogens with one attached hydrogen (secondary N) is 1. The molecule has 0 unspecified atom stereocenters. The topological polar surface area (TPSA) is 59.1 Å². The lowest BCUT2D eigenvalue weighted by Gasteiger charge is -2.11. The Morgan fingerprint density at radius 2 is 1.79 bits per heavy atom. The van der Waals surface area contributed by atoms with Crippen molar-refractivity contribution >= 4 is 37.7 Å². The van der Waals surface area contributed by atoms with Crippen molar-refractivity contribution in [1.29, 1.82) is 5.41 Å². The van der Waals surface area contributed by atoms with Crippen molar-refractivity contribution in [3.05, 3.63) is 56.7 Å². The van der Waals surface area contributed by atoms with Gasteiger partial charge in [0.15, 0.2) is 11.6 Å². The Labute approximate surface area is 126 Å². The predicted molar refractivity (Wildman–Crippen MR) is 79.3 cm³/mol. The van der Waals surface area contributed by atoms with Crippen LogP contribution in [0.3, 0.4) is 0 Å². The van der Waals surface area contributed by atoms with Crippen LogP contribution < -0.4 is 10.5 Å². The third-order valence-corrected chi connectivity index (χ3v) is 3.82. The zero-order valence-corrected chi connectivity index (χ0v) is 12.8. The van der Waals surface area contributed by atoms with Crippen LogP contribution in [0, 0.1) is 11.2 Å². The van der Waals surface area contributed by atoms with E-state index in [1.165, 1.54) is 12.1 Å². The van der Waals surface area contributed by atoms with Gasteiger partial charge in [-0.05, 0) is 56.1 Å². The van der Waals surface area contributed by atoms with Gasteiger partial charge in [0.25, 0.3) is 0 Å². The van der Waals surface area contributed by atoms with Gasteiger partial charge in [-0.25, -0.2) is 4.39 Å². The highest BCUT2D eigenvalue weighted by Crippen LogP contribution is 2.34. The molecule has 98 valence electrons. The van der Waals surface area contributed by atoms with E-state index in [0.717, 1.165) is 4.47 Å². The van der Waals surface area contributed by atoms with Crippen LogP contribution in [-0.4, -0.2) is 5.84 Å². The summed E-state index contributed by atoms with van der Waals surface area (Å²) >= 11 is 6.40. The number of hydrogen-bond acceptors (Lipinski definition) is 2. The van der Waals surface area contributed by atoms with Crippen LogP contribution in [0.25, 0.3) is 0 Å².